The van der Waals surface area contributed by atoms with E-state index >= 15 is 0 Å². The number of carbonyl (C=O) groups excluding carboxylic acids is 2. The molecule has 0 heterocycles. The predicted molar refractivity (Wildman–Crippen MR) is 83.2 cm³/mol. The molecule has 0 fully saturated rings. The first-order chi connectivity index (χ1) is 9.01. The molecule has 20 heavy (non-hydrogen) atoms. The highest BCUT2D eigenvalue weighted by Crippen LogP contribution is 2.09. The molecule has 0 saturated heterocycles. The standard InChI is InChI=1S/C14H21N3O2.ClH/c1-10(15-3)9-16-14(19)8-12-4-6-13(7-5-12)17-11(2)18;/h4-7,10,15H,8-9H2,1-3H3,(H,16,19)(H,17,18);1H. The molecule has 0 bridgehead atoms. The second kappa shape index (κ2) is 9.34. The molecule has 1 aromatic rings. The van der Waals surface area contributed by atoms with E-state index < -0.39 is 0 Å². The molecule has 0 saturated carbocycles. The van der Waals surface area contributed by atoms with E-state index in [0.717, 1.165) is 11.3 Å². The number of nitrogens with one attached hydrogen (secondary N) is 3. The quantitative estimate of drug-likeness (QED) is 0.742. The van der Waals surface area contributed by atoms with E-state index in [1.165, 1.54) is 6.92 Å². The van der Waals surface area contributed by atoms with Crippen LogP contribution < -0.4 is 16.0 Å². The minimum atomic E-state index is -0.105. The van der Waals surface area contributed by atoms with Crippen LogP contribution in [0.3, 0.4) is 0 Å². The fourth-order valence-corrected chi connectivity index (χ4v) is 1.53. The molecule has 1 aromatic carbocycles. The van der Waals surface area contributed by atoms with Crippen LogP contribution in [-0.2, 0) is 16.0 Å². The van der Waals surface area contributed by atoms with Crippen LogP contribution in [0.1, 0.15) is 19.4 Å². The molecule has 6 heteroatoms. The first-order valence-electron chi connectivity index (χ1n) is 6.31. The summed E-state index contributed by atoms with van der Waals surface area (Å²) in [4.78, 5) is 22.6. The van der Waals surface area contributed by atoms with E-state index in [0.29, 0.717) is 13.0 Å². The lowest BCUT2D eigenvalue weighted by atomic mass is 10.1. The van der Waals surface area contributed by atoms with Crippen molar-refractivity contribution in [3.63, 3.8) is 0 Å². The van der Waals surface area contributed by atoms with Crippen molar-refractivity contribution < 1.29 is 9.59 Å². The Morgan fingerprint density at radius 2 is 1.80 bits per heavy atom. The minimum absolute atomic E-state index is 0. The van der Waals surface area contributed by atoms with Crippen molar-refractivity contribution in [2.24, 2.45) is 0 Å². The van der Waals surface area contributed by atoms with Gasteiger partial charge < -0.3 is 16.0 Å². The Morgan fingerprint density at radius 3 is 2.30 bits per heavy atom. The molecular formula is C14H22ClN3O2. The van der Waals surface area contributed by atoms with Gasteiger partial charge in [-0.05, 0) is 31.7 Å². The number of likely N-dealkylation sites (N-methyl/N-ethyl adjacent to an activating group) is 1. The van der Waals surface area contributed by atoms with Crippen molar-refractivity contribution in [2.75, 3.05) is 18.9 Å². The summed E-state index contributed by atoms with van der Waals surface area (Å²) in [6.07, 6.45) is 0.344. The van der Waals surface area contributed by atoms with Gasteiger partial charge in [-0.15, -0.1) is 12.4 Å². The Hall–Kier alpha value is -1.59. The number of hydrogen-bond donors (Lipinski definition) is 3. The van der Waals surface area contributed by atoms with E-state index in [4.69, 9.17) is 0 Å². The largest absolute Gasteiger partial charge is 0.354 e. The van der Waals surface area contributed by atoms with Gasteiger partial charge in [0.15, 0.2) is 0 Å². The molecular weight excluding hydrogens is 278 g/mol. The number of hydrogen-bond acceptors (Lipinski definition) is 3. The molecule has 0 radical (unpaired) electrons. The Kier molecular flexibility index (Phi) is 8.59. The molecule has 5 nitrogen and oxygen atoms in total. The van der Waals surface area contributed by atoms with Gasteiger partial charge in [-0.3, -0.25) is 9.59 Å². The van der Waals surface area contributed by atoms with Gasteiger partial charge in [-0.1, -0.05) is 12.1 Å². The third-order valence-corrected chi connectivity index (χ3v) is 2.74. The van der Waals surface area contributed by atoms with Crippen molar-refractivity contribution in [1.82, 2.24) is 10.6 Å². The Morgan fingerprint density at radius 1 is 1.20 bits per heavy atom. The lowest BCUT2D eigenvalue weighted by Gasteiger charge is -2.11. The first-order valence-corrected chi connectivity index (χ1v) is 6.31. The fraction of sp³-hybridized carbons (Fsp3) is 0.429. The van der Waals surface area contributed by atoms with E-state index in [1.54, 1.807) is 12.1 Å². The van der Waals surface area contributed by atoms with Crippen LogP contribution in [0.5, 0.6) is 0 Å². The van der Waals surface area contributed by atoms with Crippen molar-refractivity contribution in [3.05, 3.63) is 29.8 Å². The average molecular weight is 300 g/mol. The molecule has 2 amide bonds. The summed E-state index contributed by atoms with van der Waals surface area (Å²) in [6.45, 7) is 4.08. The van der Waals surface area contributed by atoms with Crippen LogP contribution in [-0.4, -0.2) is 31.4 Å². The molecule has 0 aromatic heterocycles. The smallest absolute Gasteiger partial charge is 0.224 e. The van der Waals surface area contributed by atoms with Crippen LogP contribution in [0.15, 0.2) is 24.3 Å². The Labute approximate surface area is 125 Å². The maximum absolute atomic E-state index is 11.7. The topological polar surface area (TPSA) is 70.2 Å². The van der Waals surface area contributed by atoms with E-state index in [2.05, 4.69) is 16.0 Å². The van der Waals surface area contributed by atoms with E-state index in [-0.39, 0.29) is 30.3 Å². The van der Waals surface area contributed by atoms with Gasteiger partial charge >= 0.3 is 0 Å². The highest BCUT2D eigenvalue weighted by Gasteiger charge is 2.05. The number of anilines is 1. The molecule has 0 aliphatic carbocycles. The summed E-state index contributed by atoms with van der Waals surface area (Å²) in [5, 5.41) is 8.60. The average Bonchev–Trinajstić information content (AvgIpc) is 2.37. The highest BCUT2D eigenvalue weighted by atomic mass is 35.5. The lowest BCUT2D eigenvalue weighted by Crippen LogP contribution is -2.37. The van der Waals surface area contributed by atoms with E-state index in [1.807, 2.05) is 26.1 Å². The molecule has 1 rings (SSSR count). The zero-order valence-electron chi connectivity index (χ0n) is 12.0. The van der Waals surface area contributed by atoms with Gasteiger partial charge in [-0.2, -0.15) is 0 Å². The molecule has 112 valence electrons. The molecule has 1 unspecified atom stereocenters. The number of amides is 2. The number of halogens is 1. The second-order valence-electron chi connectivity index (χ2n) is 4.55. The van der Waals surface area contributed by atoms with Crippen molar-refractivity contribution in [3.8, 4) is 0 Å². The fourth-order valence-electron chi connectivity index (χ4n) is 1.53. The summed E-state index contributed by atoms with van der Waals surface area (Å²) in [7, 11) is 1.86. The molecule has 1 atom stereocenters. The van der Waals surface area contributed by atoms with Crippen molar-refractivity contribution in [2.45, 2.75) is 26.3 Å². The SMILES string of the molecule is CNC(C)CNC(=O)Cc1ccc(NC(C)=O)cc1.Cl. The third kappa shape index (κ3) is 7.11. The Bertz CT molecular complexity index is 435. The summed E-state index contributed by atoms with van der Waals surface area (Å²) in [6, 6.07) is 7.52. The number of rotatable bonds is 6. The maximum Gasteiger partial charge on any atom is 0.224 e. The number of benzene rings is 1. The summed E-state index contributed by atoms with van der Waals surface area (Å²) in [5.74, 6) is -0.110. The van der Waals surface area contributed by atoms with Gasteiger partial charge in [0, 0.05) is 25.2 Å². The van der Waals surface area contributed by atoms with Gasteiger partial charge in [0.05, 0.1) is 6.42 Å². The second-order valence-corrected chi connectivity index (χ2v) is 4.55. The lowest BCUT2D eigenvalue weighted by molar-refractivity contribution is -0.120. The zero-order valence-corrected chi connectivity index (χ0v) is 12.8. The van der Waals surface area contributed by atoms with Crippen LogP contribution in [0.25, 0.3) is 0 Å². The summed E-state index contributed by atoms with van der Waals surface area (Å²) < 4.78 is 0. The van der Waals surface area contributed by atoms with Gasteiger partial charge in [0.1, 0.15) is 0 Å². The van der Waals surface area contributed by atoms with Crippen LogP contribution >= 0.6 is 12.4 Å². The molecule has 3 N–H and O–H groups in total. The van der Waals surface area contributed by atoms with Crippen molar-refractivity contribution in [1.29, 1.82) is 0 Å². The Balaban J connectivity index is 0.00000361. The monoisotopic (exact) mass is 299 g/mol. The minimum Gasteiger partial charge on any atom is -0.354 e. The van der Waals surface area contributed by atoms with Gasteiger partial charge in [0.25, 0.3) is 0 Å². The van der Waals surface area contributed by atoms with Crippen LogP contribution in [0.2, 0.25) is 0 Å². The zero-order chi connectivity index (χ0) is 14.3. The van der Waals surface area contributed by atoms with E-state index in [9.17, 15) is 9.59 Å². The highest BCUT2D eigenvalue weighted by molar-refractivity contribution is 5.88. The molecule has 0 aliphatic rings. The van der Waals surface area contributed by atoms with Crippen LogP contribution in [0.4, 0.5) is 5.69 Å². The number of carbonyl (C=O) groups is 2. The maximum atomic E-state index is 11.7. The molecule has 0 aliphatic heterocycles. The summed E-state index contributed by atoms with van der Waals surface area (Å²) in [5.41, 5.74) is 1.66. The van der Waals surface area contributed by atoms with Gasteiger partial charge in [-0.25, -0.2) is 0 Å². The van der Waals surface area contributed by atoms with Crippen molar-refractivity contribution >= 4 is 29.9 Å². The third-order valence-electron chi connectivity index (χ3n) is 2.74. The molecule has 0 spiro atoms. The van der Waals surface area contributed by atoms with Gasteiger partial charge in [0.2, 0.25) is 11.8 Å². The normalized spacial score (nSPS) is 11.2. The first kappa shape index (κ1) is 18.4. The predicted octanol–water partition coefficient (Wildman–Crippen LogP) is 1.33. The van der Waals surface area contributed by atoms with Crippen LogP contribution in [0, 0.1) is 0 Å². The summed E-state index contributed by atoms with van der Waals surface area (Å²) >= 11 is 0.